The van der Waals surface area contributed by atoms with Crippen molar-refractivity contribution in [1.82, 2.24) is 20.5 Å². The number of ether oxygens (including phenoxy) is 1. The number of carbonyl (C=O) groups excluding carboxylic acids is 3. The second-order valence-electron chi connectivity index (χ2n) is 8.74. The average Bonchev–Trinajstić information content (AvgIpc) is 3.30. The Morgan fingerprint density at radius 1 is 1.11 bits per heavy atom. The van der Waals surface area contributed by atoms with Gasteiger partial charge < -0.3 is 20.7 Å². The van der Waals surface area contributed by atoms with Crippen LogP contribution in [0.4, 0.5) is 4.79 Å². The number of nitrogens with one attached hydrogen (secondary N) is 2. The quantitative estimate of drug-likeness (QED) is 0.419. The first-order valence-corrected chi connectivity index (χ1v) is 11.1. The molecule has 2 aliphatic heterocycles. The lowest BCUT2D eigenvalue weighted by Crippen LogP contribution is -2.48. The number of benzene rings is 2. The Labute approximate surface area is 220 Å². The number of halogens is 2. The summed E-state index contributed by atoms with van der Waals surface area (Å²) in [5.41, 5.74) is 8.92. The second-order valence-corrected chi connectivity index (χ2v) is 8.74. The van der Waals surface area contributed by atoms with Gasteiger partial charge in [0.1, 0.15) is 23.9 Å². The Kier molecular flexibility index (Phi) is 8.08. The summed E-state index contributed by atoms with van der Waals surface area (Å²) < 4.78 is 6.02. The van der Waals surface area contributed by atoms with Crippen LogP contribution >= 0.6 is 24.8 Å². The summed E-state index contributed by atoms with van der Waals surface area (Å²) in [6.45, 7) is 2.84. The molecular weight excluding hydrogens is 505 g/mol. The van der Waals surface area contributed by atoms with Crippen LogP contribution in [0.5, 0.6) is 5.75 Å². The molecule has 11 heteroatoms. The van der Waals surface area contributed by atoms with E-state index in [9.17, 15) is 14.4 Å². The lowest BCUT2D eigenvalue weighted by molar-refractivity contribution is -0.133. The molecule has 2 saturated heterocycles. The predicted octanol–water partition coefficient (Wildman–Crippen LogP) is 2.56. The first kappa shape index (κ1) is 27.2. The SMILES string of the molecule is Cc1cc(COc2ccc(C3(N)CCN(CC4NC(=O)NC4=O)C3=O)cc2)c2ccccc2n1.Cl.Cl. The highest BCUT2D eigenvalue weighted by molar-refractivity contribution is 6.04. The molecule has 9 nitrogen and oxygen atoms in total. The number of urea groups is 1. The van der Waals surface area contributed by atoms with Gasteiger partial charge in [-0.25, -0.2) is 4.79 Å². The summed E-state index contributed by atoms with van der Waals surface area (Å²) in [4.78, 5) is 42.3. The van der Waals surface area contributed by atoms with Crippen molar-refractivity contribution < 1.29 is 19.1 Å². The van der Waals surface area contributed by atoms with Crippen LogP contribution in [0.3, 0.4) is 0 Å². The fraction of sp³-hybridized carbons (Fsp3) is 0.280. The van der Waals surface area contributed by atoms with Crippen molar-refractivity contribution in [2.75, 3.05) is 13.1 Å². The minimum absolute atomic E-state index is 0. The van der Waals surface area contributed by atoms with Gasteiger partial charge >= 0.3 is 6.03 Å². The number of aromatic nitrogens is 1. The first-order chi connectivity index (χ1) is 16.3. The molecule has 3 heterocycles. The van der Waals surface area contributed by atoms with Crippen molar-refractivity contribution in [2.45, 2.75) is 31.5 Å². The van der Waals surface area contributed by atoms with Crippen LogP contribution in [0, 0.1) is 6.92 Å². The van der Waals surface area contributed by atoms with Gasteiger partial charge in [-0.3, -0.25) is 19.9 Å². The van der Waals surface area contributed by atoms with E-state index in [1.165, 1.54) is 4.90 Å². The van der Waals surface area contributed by atoms with E-state index >= 15 is 0 Å². The molecule has 190 valence electrons. The maximum Gasteiger partial charge on any atom is 0.322 e. The standard InChI is InChI=1S/C25H25N5O4.2ClH/c1-15-12-16(19-4-2-3-5-20(19)27-15)14-34-18-8-6-17(7-9-18)25(26)10-11-30(23(25)32)13-21-22(31)29-24(33)28-21;;/h2-9,12,21H,10-11,13-14,26H2,1H3,(H2,28,29,31,33);2*1H. The Balaban J connectivity index is 0.00000180. The van der Waals surface area contributed by atoms with Crippen molar-refractivity contribution >= 4 is 53.6 Å². The largest absolute Gasteiger partial charge is 0.489 e. The van der Waals surface area contributed by atoms with Gasteiger partial charge in [-0.2, -0.15) is 0 Å². The van der Waals surface area contributed by atoms with E-state index in [2.05, 4.69) is 15.6 Å². The molecular formula is C25H27Cl2N5O4. The third-order valence-corrected chi connectivity index (χ3v) is 6.40. The van der Waals surface area contributed by atoms with Gasteiger partial charge in [-0.15, -0.1) is 24.8 Å². The molecule has 2 unspecified atom stereocenters. The number of hydrogen-bond acceptors (Lipinski definition) is 6. The number of amides is 4. The topological polar surface area (TPSA) is 127 Å². The fourth-order valence-electron chi connectivity index (χ4n) is 4.58. The number of hydrogen-bond donors (Lipinski definition) is 3. The second kappa shape index (κ2) is 10.7. The smallest absolute Gasteiger partial charge is 0.322 e. The molecule has 3 aromatic rings. The number of pyridine rings is 1. The number of aryl methyl sites for hydroxylation is 1. The van der Waals surface area contributed by atoms with Crippen molar-refractivity contribution in [3.63, 3.8) is 0 Å². The molecule has 36 heavy (non-hydrogen) atoms. The van der Waals surface area contributed by atoms with Gasteiger partial charge in [-0.1, -0.05) is 30.3 Å². The molecule has 2 aromatic carbocycles. The van der Waals surface area contributed by atoms with E-state index in [-0.39, 0.29) is 37.3 Å². The molecule has 0 spiro atoms. The van der Waals surface area contributed by atoms with Gasteiger partial charge in [0.15, 0.2) is 0 Å². The van der Waals surface area contributed by atoms with E-state index in [0.29, 0.717) is 30.9 Å². The Hall–Kier alpha value is -3.40. The third-order valence-electron chi connectivity index (χ3n) is 6.40. The Bertz CT molecular complexity index is 1300. The molecule has 0 radical (unpaired) electrons. The van der Waals surface area contributed by atoms with Crippen LogP contribution in [-0.2, 0) is 21.7 Å². The molecule has 0 aliphatic carbocycles. The van der Waals surface area contributed by atoms with Gasteiger partial charge in [0.05, 0.1) is 12.1 Å². The number of para-hydroxylation sites is 1. The zero-order chi connectivity index (χ0) is 23.9. The highest BCUT2D eigenvalue weighted by Gasteiger charge is 2.46. The average molecular weight is 532 g/mol. The molecule has 2 atom stereocenters. The number of nitrogens with zero attached hydrogens (tertiary/aromatic N) is 2. The number of rotatable bonds is 6. The fourth-order valence-corrected chi connectivity index (χ4v) is 4.58. The van der Waals surface area contributed by atoms with Crippen LogP contribution < -0.4 is 21.1 Å². The van der Waals surface area contributed by atoms with Gasteiger partial charge in [0.2, 0.25) is 5.91 Å². The lowest BCUT2D eigenvalue weighted by Gasteiger charge is -2.25. The van der Waals surface area contributed by atoms with Crippen molar-refractivity contribution in [3.05, 3.63) is 71.4 Å². The highest BCUT2D eigenvalue weighted by atomic mass is 35.5. The summed E-state index contributed by atoms with van der Waals surface area (Å²) in [6, 6.07) is 15.9. The summed E-state index contributed by atoms with van der Waals surface area (Å²) >= 11 is 0. The molecule has 4 amide bonds. The Morgan fingerprint density at radius 2 is 1.83 bits per heavy atom. The normalized spacial score (nSPS) is 21.0. The number of imide groups is 1. The number of fused-ring (bicyclic) bond motifs is 1. The van der Waals surface area contributed by atoms with E-state index < -0.39 is 23.5 Å². The zero-order valence-corrected chi connectivity index (χ0v) is 21.2. The van der Waals surface area contributed by atoms with E-state index in [1.807, 2.05) is 37.3 Å². The predicted molar refractivity (Wildman–Crippen MR) is 139 cm³/mol. The molecule has 0 saturated carbocycles. The van der Waals surface area contributed by atoms with Gasteiger partial charge in [0.25, 0.3) is 5.91 Å². The molecule has 2 fully saturated rings. The van der Waals surface area contributed by atoms with Crippen LogP contribution in [-0.4, -0.2) is 46.9 Å². The minimum atomic E-state index is -1.18. The number of likely N-dealkylation sites (tertiary alicyclic amines) is 1. The maximum atomic E-state index is 13.1. The summed E-state index contributed by atoms with van der Waals surface area (Å²) in [5, 5.41) is 5.74. The van der Waals surface area contributed by atoms with Crippen LogP contribution in [0.15, 0.2) is 54.6 Å². The number of carbonyl (C=O) groups is 3. The molecule has 0 bridgehead atoms. The van der Waals surface area contributed by atoms with E-state index in [1.54, 1.807) is 24.3 Å². The summed E-state index contributed by atoms with van der Waals surface area (Å²) in [6.07, 6.45) is 0.413. The molecule has 1 aromatic heterocycles. The lowest BCUT2D eigenvalue weighted by atomic mass is 9.89. The van der Waals surface area contributed by atoms with E-state index in [0.717, 1.165) is 22.2 Å². The van der Waals surface area contributed by atoms with Crippen molar-refractivity contribution in [1.29, 1.82) is 0 Å². The van der Waals surface area contributed by atoms with E-state index in [4.69, 9.17) is 10.5 Å². The number of nitrogens with two attached hydrogens (primary N) is 1. The molecule has 4 N–H and O–H groups in total. The van der Waals surface area contributed by atoms with Crippen LogP contribution in [0.1, 0.15) is 23.2 Å². The zero-order valence-electron chi connectivity index (χ0n) is 19.5. The third kappa shape index (κ3) is 5.09. The molecule has 2 aliphatic rings. The minimum Gasteiger partial charge on any atom is -0.489 e. The highest BCUT2D eigenvalue weighted by Crippen LogP contribution is 2.32. The first-order valence-electron chi connectivity index (χ1n) is 11.1. The maximum absolute atomic E-state index is 13.1. The van der Waals surface area contributed by atoms with Crippen LogP contribution in [0.25, 0.3) is 10.9 Å². The monoisotopic (exact) mass is 531 g/mol. The summed E-state index contributed by atoms with van der Waals surface area (Å²) in [7, 11) is 0. The summed E-state index contributed by atoms with van der Waals surface area (Å²) in [5.74, 6) is -0.0432. The van der Waals surface area contributed by atoms with Crippen molar-refractivity contribution in [3.8, 4) is 5.75 Å². The van der Waals surface area contributed by atoms with Crippen molar-refractivity contribution in [2.24, 2.45) is 5.73 Å². The van der Waals surface area contributed by atoms with Crippen LogP contribution in [0.2, 0.25) is 0 Å². The van der Waals surface area contributed by atoms with Gasteiger partial charge in [0, 0.05) is 23.2 Å². The Morgan fingerprint density at radius 3 is 2.53 bits per heavy atom. The molecule has 5 rings (SSSR count). The van der Waals surface area contributed by atoms with Gasteiger partial charge in [-0.05, 0) is 43.2 Å².